The summed E-state index contributed by atoms with van der Waals surface area (Å²) in [6, 6.07) is 5.67. The third-order valence-corrected chi connectivity index (χ3v) is 5.15. The molecule has 0 bridgehead atoms. The van der Waals surface area contributed by atoms with Gasteiger partial charge in [-0.1, -0.05) is 52.8 Å². The molecule has 1 aliphatic rings. The van der Waals surface area contributed by atoms with Crippen LogP contribution in [0.2, 0.25) is 10.0 Å². The fourth-order valence-electron chi connectivity index (χ4n) is 1.16. The number of nitrogens with zero attached hydrogens (tertiary/aromatic N) is 1. The summed E-state index contributed by atoms with van der Waals surface area (Å²) in [6.45, 7) is 0.924. The minimum absolute atomic E-state index is 0.600. The topological polar surface area (TPSA) is 12.4 Å². The zero-order valence-corrected chi connectivity index (χ0v) is 11.0. The van der Waals surface area contributed by atoms with Crippen LogP contribution in [0.3, 0.4) is 0 Å². The molecule has 1 aromatic rings. The van der Waals surface area contributed by atoms with Crippen molar-refractivity contribution in [2.75, 3.05) is 12.3 Å². The number of thioether (sulfide) groups is 2. The van der Waals surface area contributed by atoms with Gasteiger partial charge in [-0.05, 0) is 18.6 Å². The SMILES string of the molecule is Clc1cccc(SC2=NCCCS2)c1Cl. The second kappa shape index (κ2) is 5.48. The second-order valence-corrected chi connectivity index (χ2v) is 6.16. The van der Waals surface area contributed by atoms with Gasteiger partial charge in [0.15, 0.2) is 0 Å². The van der Waals surface area contributed by atoms with E-state index >= 15 is 0 Å². The molecule has 0 radical (unpaired) electrons. The van der Waals surface area contributed by atoms with Crippen LogP contribution in [0.1, 0.15) is 6.42 Å². The lowest BCUT2D eigenvalue weighted by Crippen LogP contribution is -1.99. The Morgan fingerprint density at radius 2 is 2.20 bits per heavy atom. The maximum absolute atomic E-state index is 6.10. The van der Waals surface area contributed by atoms with E-state index in [1.807, 2.05) is 12.1 Å². The molecule has 80 valence electrons. The molecule has 1 heterocycles. The van der Waals surface area contributed by atoms with Crippen molar-refractivity contribution in [1.82, 2.24) is 0 Å². The highest BCUT2D eigenvalue weighted by molar-refractivity contribution is 8.39. The van der Waals surface area contributed by atoms with Gasteiger partial charge < -0.3 is 0 Å². The van der Waals surface area contributed by atoms with E-state index in [1.54, 1.807) is 29.6 Å². The zero-order chi connectivity index (χ0) is 10.7. The van der Waals surface area contributed by atoms with Crippen molar-refractivity contribution in [2.45, 2.75) is 11.3 Å². The predicted molar refractivity (Wildman–Crippen MR) is 71.7 cm³/mol. The van der Waals surface area contributed by atoms with Gasteiger partial charge in [-0.15, -0.1) is 0 Å². The molecule has 0 atom stereocenters. The van der Waals surface area contributed by atoms with Crippen molar-refractivity contribution in [3.05, 3.63) is 28.2 Å². The molecule has 15 heavy (non-hydrogen) atoms. The van der Waals surface area contributed by atoms with Crippen LogP contribution in [0, 0.1) is 0 Å². The van der Waals surface area contributed by atoms with Crippen molar-refractivity contribution in [3.8, 4) is 0 Å². The summed E-state index contributed by atoms with van der Waals surface area (Å²) >= 11 is 15.4. The summed E-state index contributed by atoms with van der Waals surface area (Å²) in [5.74, 6) is 1.14. The van der Waals surface area contributed by atoms with E-state index in [4.69, 9.17) is 23.2 Å². The molecule has 0 spiro atoms. The van der Waals surface area contributed by atoms with Gasteiger partial charge in [0, 0.05) is 17.2 Å². The largest absolute Gasteiger partial charge is 0.271 e. The summed E-state index contributed by atoms with van der Waals surface area (Å²) in [5, 5.41) is 1.22. The van der Waals surface area contributed by atoms with Gasteiger partial charge in [-0.2, -0.15) is 0 Å². The van der Waals surface area contributed by atoms with Crippen LogP contribution in [-0.2, 0) is 0 Å². The maximum Gasteiger partial charge on any atom is 0.129 e. The van der Waals surface area contributed by atoms with Crippen LogP contribution in [0.4, 0.5) is 0 Å². The third-order valence-electron chi connectivity index (χ3n) is 1.88. The Bertz CT molecular complexity index is 393. The molecular formula is C10H9Cl2NS2. The first-order valence-corrected chi connectivity index (χ1v) is 7.12. The van der Waals surface area contributed by atoms with Crippen molar-refractivity contribution >= 4 is 51.1 Å². The Kier molecular flexibility index (Phi) is 4.26. The smallest absolute Gasteiger partial charge is 0.129 e. The molecule has 1 aliphatic heterocycles. The molecular weight excluding hydrogens is 269 g/mol. The van der Waals surface area contributed by atoms with Crippen LogP contribution >= 0.6 is 46.7 Å². The molecule has 0 aromatic heterocycles. The molecule has 1 aromatic carbocycles. The molecule has 0 saturated heterocycles. The zero-order valence-electron chi connectivity index (χ0n) is 7.87. The van der Waals surface area contributed by atoms with Crippen molar-refractivity contribution in [3.63, 3.8) is 0 Å². The highest BCUT2D eigenvalue weighted by Crippen LogP contribution is 2.36. The van der Waals surface area contributed by atoms with E-state index in [1.165, 1.54) is 0 Å². The van der Waals surface area contributed by atoms with Crippen LogP contribution in [-0.4, -0.2) is 16.7 Å². The fourth-order valence-corrected chi connectivity index (χ4v) is 3.71. The van der Waals surface area contributed by atoms with Gasteiger partial charge in [-0.3, -0.25) is 4.99 Å². The summed E-state index contributed by atoms with van der Waals surface area (Å²) in [6.07, 6.45) is 1.16. The average molecular weight is 278 g/mol. The van der Waals surface area contributed by atoms with Crippen LogP contribution in [0.15, 0.2) is 28.1 Å². The van der Waals surface area contributed by atoms with Crippen molar-refractivity contribution < 1.29 is 0 Å². The van der Waals surface area contributed by atoms with Crippen molar-refractivity contribution in [1.29, 1.82) is 0 Å². The highest BCUT2D eigenvalue weighted by atomic mass is 35.5. The Morgan fingerprint density at radius 3 is 2.93 bits per heavy atom. The van der Waals surface area contributed by atoms with E-state index < -0.39 is 0 Å². The third kappa shape index (κ3) is 3.06. The Morgan fingerprint density at radius 1 is 1.33 bits per heavy atom. The van der Waals surface area contributed by atoms with Gasteiger partial charge in [0.2, 0.25) is 0 Å². The van der Waals surface area contributed by atoms with Gasteiger partial charge >= 0.3 is 0 Å². The Balaban J connectivity index is 2.16. The first kappa shape index (κ1) is 11.6. The minimum atomic E-state index is 0.600. The lowest BCUT2D eigenvalue weighted by molar-refractivity contribution is 0.942. The number of hydrogen-bond donors (Lipinski definition) is 0. The lowest BCUT2D eigenvalue weighted by atomic mass is 10.4. The van der Waals surface area contributed by atoms with Gasteiger partial charge in [0.1, 0.15) is 4.38 Å². The number of aliphatic imine (C=N–C) groups is 1. The van der Waals surface area contributed by atoms with E-state index in [-0.39, 0.29) is 0 Å². The fraction of sp³-hybridized carbons (Fsp3) is 0.300. The molecule has 0 amide bonds. The molecule has 0 aliphatic carbocycles. The van der Waals surface area contributed by atoms with E-state index in [2.05, 4.69) is 4.99 Å². The average Bonchev–Trinajstić information content (AvgIpc) is 2.26. The predicted octanol–water partition coefficient (Wildman–Crippen LogP) is 4.58. The first-order valence-electron chi connectivity index (χ1n) is 4.56. The Labute approximate surface area is 108 Å². The molecule has 1 nitrogen and oxygen atoms in total. The first-order chi connectivity index (χ1) is 7.27. The monoisotopic (exact) mass is 277 g/mol. The molecule has 0 fully saturated rings. The quantitative estimate of drug-likeness (QED) is 0.745. The minimum Gasteiger partial charge on any atom is -0.271 e. The standard InChI is InChI=1S/C10H9Cl2NS2/c11-7-3-1-4-8(9(7)12)15-10-13-5-2-6-14-10/h1,3-4H,2,5-6H2. The number of halogens is 2. The van der Waals surface area contributed by atoms with Crippen LogP contribution in [0.25, 0.3) is 0 Å². The Hall–Kier alpha value is 0.170. The number of hydrogen-bond acceptors (Lipinski definition) is 3. The highest BCUT2D eigenvalue weighted by Gasteiger charge is 2.11. The van der Waals surface area contributed by atoms with Crippen LogP contribution < -0.4 is 0 Å². The van der Waals surface area contributed by atoms with Gasteiger partial charge in [0.05, 0.1) is 10.0 Å². The van der Waals surface area contributed by atoms with E-state index in [0.717, 1.165) is 28.0 Å². The van der Waals surface area contributed by atoms with Crippen LogP contribution in [0.5, 0.6) is 0 Å². The number of rotatable bonds is 1. The van der Waals surface area contributed by atoms with Crippen molar-refractivity contribution in [2.24, 2.45) is 4.99 Å². The van der Waals surface area contributed by atoms with E-state index in [0.29, 0.717) is 10.0 Å². The molecule has 0 N–H and O–H groups in total. The van der Waals surface area contributed by atoms with Gasteiger partial charge in [0.25, 0.3) is 0 Å². The summed E-state index contributed by atoms with van der Waals surface area (Å²) in [4.78, 5) is 5.42. The molecule has 5 heteroatoms. The molecule has 0 unspecified atom stereocenters. The maximum atomic E-state index is 6.10. The number of benzene rings is 1. The normalized spacial score (nSPS) is 16.3. The lowest BCUT2D eigenvalue weighted by Gasteiger charge is -2.11. The summed E-state index contributed by atoms with van der Waals surface area (Å²) in [5.41, 5.74) is 0. The van der Waals surface area contributed by atoms with Gasteiger partial charge in [-0.25, -0.2) is 0 Å². The second-order valence-electron chi connectivity index (χ2n) is 3.00. The van der Waals surface area contributed by atoms with E-state index in [9.17, 15) is 0 Å². The summed E-state index contributed by atoms with van der Waals surface area (Å²) < 4.78 is 1.09. The molecule has 2 rings (SSSR count). The molecule has 0 saturated carbocycles. The summed E-state index contributed by atoms with van der Waals surface area (Å²) in [7, 11) is 0.